The third kappa shape index (κ3) is 3.62. The van der Waals surface area contributed by atoms with Gasteiger partial charge >= 0.3 is 0 Å². The van der Waals surface area contributed by atoms with Gasteiger partial charge in [-0.15, -0.1) is 0 Å². The fourth-order valence-corrected chi connectivity index (χ4v) is 5.07. The van der Waals surface area contributed by atoms with Crippen molar-refractivity contribution in [2.75, 3.05) is 24.4 Å². The average Bonchev–Trinajstić information content (AvgIpc) is 2.38. The molecule has 18 heavy (non-hydrogen) atoms. The Bertz CT molecular complexity index is 366. The minimum Gasteiger partial charge on any atom is -0.375 e. The zero-order valence-electron chi connectivity index (χ0n) is 10.9. The third-order valence-electron chi connectivity index (χ3n) is 4.09. The van der Waals surface area contributed by atoms with Gasteiger partial charge in [0.1, 0.15) is 9.84 Å². The maximum Gasteiger partial charge on any atom is 0.150 e. The number of hydrogen-bond donors (Lipinski definition) is 1. The first-order valence-electron chi connectivity index (χ1n) is 6.62. The van der Waals surface area contributed by atoms with Crippen LogP contribution >= 0.6 is 11.8 Å². The fourth-order valence-electron chi connectivity index (χ4n) is 2.95. The quantitative estimate of drug-likeness (QED) is 0.842. The van der Waals surface area contributed by atoms with Crippen LogP contribution in [0.25, 0.3) is 0 Å². The van der Waals surface area contributed by atoms with Crippen molar-refractivity contribution in [3.8, 4) is 0 Å². The molecule has 4 nitrogen and oxygen atoms in total. The Morgan fingerprint density at radius 1 is 1.39 bits per heavy atom. The summed E-state index contributed by atoms with van der Waals surface area (Å²) >= 11 is 1.88. The monoisotopic (exact) mass is 293 g/mol. The molecule has 2 N–H and O–H groups in total. The number of ether oxygens (including phenoxy) is 1. The molecule has 0 amide bonds. The summed E-state index contributed by atoms with van der Waals surface area (Å²) in [5, 5.41) is -0.196. The highest BCUT2D eigenvalue weighted by Gasteiger charge is 2.35. The smallest absolute Gasteiger partial charge is 0.150 e. The van der Waals surface area contributed by atoms with Crippen molar-refractivity contribution in [1.29, 1.82) is 0 Å². The van der Waals surface area contributed by atoms with Crippen LogP contribution in [0.3, 0.4) is 0 Å². The highest BCUT2D eigenvalue weighted by atomic mass is 32.2. The SMILES string of the molecule is CS(=O)(=O)C1CCCC(C(N)C2CSCCO2)C1. The molecule has 0 aromatic heterocycles. The van der Waals surface area contributed by atoms with E-state index in [1.165, 1.54) is 6.26 Å². The molecule has 0 aromatic rings. The lowest BCUT2D eigenvalue weighted by atomic mass is 9.82. The minimum absolute atomic E-state index is 0.0117. The van der Waals surface area contributed by atoms with Gasteiger partial charge in [-0.25, -0.2) is 8.42 Å². The first-order valence-corrected chi connectivity index (χ1v) is 9.73. The molecule has 0 spiro atoms. The number of sulfone groups is 1. The second-order valence-corrected chi connectivity index (χ2v) is 8.92. The molecule has 1 saturated carbocycles. The van der Waals surface area contributed by atoms with Gasteiger partial charge in [0, 0.05) is 23.8 Å². The molecule has 4 atom stereocenters. The van der Waals surface area contributed by atoms with Crippen LogP contribution in [-0.2, 0) is 14.6 Å². The number of rotatable bonds is 3. The maximum absolute atomic E-state index is 11.7. The van der Waals surface area contributed by atoms with E-state index in [-0.39, 0.29) is 17.4 Å². The van der Waals surface area contributed by atoms with Crippen molar-refractivity contribution in [2.45, 2.75) is 43.1 Å². The van der Waals surface area contributed by atoms with E-state index in [1.807, 2.05) is 11.8 Å². The zero-order chi connectivity index (χ0) is 13.2. The molecule has 0 bridgehead atoms. The summed E-state index contributed by atoms with van der Waals surface area (Å²) in [6.07, 6.45) is 4.96. The van der Waals surface area contributed by atoms with E-state index in [4.69, 9.17) is 10.5 Å². The Balaban J connectivity index is 1.95. The molecule has 1 aliphatic carbocycles. The first kappa shape index (κ1) is 14.6. The Hall–Kier alpha value is 0.220. The molecule has 0 aromatic carbocycles. The van der Waals surface area contributed by atoms with Gasteiger partial charge in [-0.05, 0) is 25.2 Å². The van der Waals surface area contributed by atoms with E-state index in [9.17, 15) is 8.42 Å². The van der Waals surface area contributed by atoms with Crippen LogP contribution < -0.4 is 5.73 Å². The fraction of sp³-hybridized carbons (Fsp3) is 1.00. The van der Waals surface area contributed by atoms with Crippen LogP contribution in [-0.4, -0.2) is 50.2 Å². The van der Waals surface area contributed by atoms with E-state index in [1.54, 1.807) is 0 Å². The van der Waals surface area contributed by atoms with Crippen molar-refractivity contribution in [1.82, 2.24) is 0 Å². The molecule has 6 heteroatoms. The van der Waals surface area contributed by atoms with Crippen LogP contribution in [0.5, 0.6) is 0 Å². The summed E-state index contributed by atoms with van der Waals surface area (Å²) in [6, 6.07) is -0.0117. The predicted molar refractivity (Wildman–Crippen MR) is 75.6 cm³/mol. The molecule has 106 valence electrons. The minimum atomic E-state index is -2.92. The molecule has 2 fully saturated rings. The molecule has 1 heterocycles. The molecule has 2 aliphatic rings. The number of hydrogen-bond acceptors (Lipinski definition) is 5. The first-order chi connectivity index (χ1) is 8.48. The van der Waals surface area contributed by atoms with Crippen molar-refractivity contribution in [3.05, 3.63) is 0 Å². The molecule has 4 unspecified atom stereocenters. The Morgan fingerprint density at radius 3 is 2.78 bits per heavy atom. The van der Waals surface area contributed by atoms with Gasteiger partial charge in [-0.1, -0.05) is 6.42 Å². The van der Waals surface area contributed by atoms with Crippen LogP contribution in [0.4, 0.5) is 0 Å². The van der Waals surface area contributed by atoms with Crippen molar-refractivity contribution < 1.29 is 13.2 Å². The Kier molecular flexibility index (Phi) is 4.97. The van der Waals surface area contributed by atoms with Gasteiger partial charge in [0.2, 0.25) is 0 Å². The van der Waals surface area contributed by atoms with Gasteiger partial charge in [0.15, 0.2) is 0 Å². The topological polar surface area (TPSA) is 69.4 Å². The molecule has 1 saturated heterocycles. The third-order valence-corrected chi connectivity index (χ3v) is 6.75. The van der Waals surface area contributed by atoms with Gasteiger partial charge in [-0.2, -0.15) is 11.8 Å². The van der Waals surface area contributed by atoms with E-state index >= 15 is 0 Å². The highest BCUT2D eigenvalue weighted by molar-refractivity contribution is 7.99. The Labute approximate surface area is 114 Å². The van der Waals surface area contributed by atoms with E-state index in [0.29, 0.717) is 12.3 Å². The lowest BCUT2D eigenvalue weighted by Crippen LogP contribution is -2.48. The van der Waals surface area contributed by atoms with Crippen LogP contribution in [0.1, 0.15) is 25.7 Å². The van der Waals surface area contributed by atoms with Crippen LogP contribution in [0.2, 0.25) is 0 Å². The van der Waals surface area contributed by atoms with Crippen molar-refractivity contribution in [3.63, 3.8) is 0 Å². The summed E-state index contributed by atoms with van der Waals surface area (Å²) in [5.74, 6) is 2.28. The van der Waals surface area contributed by atoms with Crippen LogP contribution in [0, 0.1) is 5.92 Å². The number of thioether (sulfide) groups is 1. The Morgan fingerprint density at radius 2 is 2.17 bits per heavy atom. The number of nitrogens with two attached hydrogens (primary N) is 1. The molecule has 2 rings (SSSR count). The van der Waals surface area contributed by atoms with E-state index < -0.39 is 9.84 Å². The summed E-state index contributed by atoms with van der Waals surface area (Å²) in [7, 11) is -2.92. The maximum atomic E-state index is 11.7. The lowest BCUT2D eigenvalue weighted by Gasteiger charge is -2.37. The summed E-state index contributed by atoms with van der Waals surface area (Å²) < 4.78 is 29.0. The van der Waals surface area contributed by atoms with Gasteiger partial charge in [0.05, 0.1) is 18.0 Å². The largest absolute Gasteiger partial charge is 0.375 e. The second kappa shape index (κ2) is 6.11. The van der Waals surface area contributed by atoms with E-state index in [0.717, 1.165) is 37.4 Å². The molecular weight excluding hydrogens is 270 g/mol. The standard InChI is InChI=1S/C12H23NO3S2/c1-18(14,15)10-4-2-3-9(7-10)12(13)11-8-17-6-5-16-11/h9-12H,2-8,13H2,1H3. The summed E-state index contributed by atoms with van der Waals surface area (Å²) in [5.41, 5.74) is 6.30. The van der Waals surface area contributed by atoms with Crippen molar-refractivity contribution >= 4 is 21.6 Å². The average molecular weight is 293 g/mol. The van der Waals surface area contributed by atoms with Crippen LogP contribution in [0.15, 0.2) is 0 Å². The van der Waals surface area contributed by atoms with E-state index in [2.05, 4.69) is 0 Å². The molecular formula is C12H23NO3S2. The molecule has 0 radical (unpaired) electrons. The van der Waals surface area contributed by atoms with Gasteiger partial charge in [0.25, 0.3) is 0 Å². The summed E-state index contributed by atoms with van der Waals surface area (Å²) in [6.45, 7) is 0.769. The molecule has 1 aliphatic heterocycles. The van der Waals surface area contributed by atoms with Gasteiger partial charge < -0.3 is 10.5 Å². The zero-order valence-corrected chi connectivity index (χ0v) is 12.5. The highest BCUT2D eigenvalue weighted by Crippen LogP contribution is 2.32. The predicted octanol–water partition coefficient (Wildman–Crippen LogP) is 1.05. The second-order valence-electron chi connectivity index (χ2n) is 5.44. The normalized spacial score (nSPS) is 36.2. The van der Waals surface area contributed by atoms with Crippen molar-refractivity contribution in [2.24, 2.45) is 11.7 Å². The van der Waals surface area contributed by atoms with Gasteiger partial charge in [-0.3, -0.25) is 0 Å². The lowest BCUT2D eigenvalue weighted by molar-refractivity contribution is 0.0362. The summed E-state index contributed by atoms with van der Waals surface area (Å²) in [4.78, 5) is 0.